The van der Waals surface area contributed by atoms with E-state index >= 15 is 0 Å². The number of sulfonamides is 2. The van der Waals surface area contributed by atoms with Gasteiger partial charge in [-0.3, -0.25) is 4.98 Å². The van der Waals surface area contributed by atoms with E-state index in [4.69, 9.17) is 9.47 Å². The average molecular weight is 617 g/mol. The summed E-state index contributed by atoms with van der Waals surface area (Å²) in [6.45, 7) is 1.49. The van der Waals surface area contributed by atoms with Crippen molar-refractivity contribution in [1.82, 2.24) is 19.3 Å². The molecule has 5 rings (SSSR count). The van der Waals surface area contributed by atoms with E-state index in [0.29, 0.717) is 38.3 Å². The van der Waals surface area contributed by atoms with Gasteiger partial charge in [-0.25, -0.2) is 21.6 Å². The first-order chi connectivity index (χ1) is 20.1. The Morgan fingerprint density at radius 1 is 1.02 bits per heavy atom. The van der Waals surface area contributed by atoms with Crippen molar-refractivity contribution in [3.8, 4) is 16.9 Å². The maximum atomic E-state index is 13.3. The minimum Gasteiger partial charge on any atom is -0.491 e. The summed E-state index contributed by atoms with van der Waals surface area (Å²) in [5.41, 5.74) is 1.51. The number of ether oxygens (including phenoxy) is 2. The monoisotopic (exact) mass is 616 g/mol. The summed E-state index contributed by atoms with van der Waals surface area (Å²) < 4.78 is 66.2. The third-order valence-corrected chi connectivity index (χ3v) is 11.1. The number of aliphatic hydroxyl groups excluding tert-OH is 1. The SMILES string of the molecule is CNS(=O)(=O)c1cccc(OCC(O)CNC2COC3(CCN(S(=O)(=O)c4ccc(-c5ccncc5)cc4)CC3)C2)c1. The van der Waals surface area contributed by atoms with E-state index in [2.05, 4.69) is 15.0 Å². The standard InChI is InChI=1S/C29H36N4O7S2/c1-30-41(35,36)28-4-2-3-26(17-28)39-21-25(34)19-32-24-18-29(40-20-24)11-15-33(16-12-29)42(37,38)27-7-5-22(6-8-27)23-9-13-31-14-10-23/h2-10,13-14,17,24-25,30,32,34H,11-12,15-16,18-21H2,1H3. The van der Waals surface area contributed by atoms with Crippen LogP contribution in [-0.2, 0) is 24.8 Å². The van der Waals surface area contributed by atoms with Gasteiger partial charge in [-0.1, -0.05) is 18.2 Å². The number of hydrogen-bond donors (Lipinski definition) is 3. The normalized spacial score (nSPS) is 20.0. The number of pyridine rings is 1. The van der Waals surface area contributed by atoms with Crippen LogP contribution in [0.5, 0.6) is 5.75 Å². The molecule has 2 aliphatic heterocycles. The molecule has 0 aliphatic carbocycles. The number of piperidine rings is 1. The largest absolute Gasteiger partial charge is 0.491 e. The van der Waals surface area contributed by atoms with Crippen LogP contribution in [0, 0.1) is 0 Å². The molecular formula is C29H36N4O7S2. The lowest BCUT2D eigenvalue weighted by Gasteiger charge is -2.38. The Bertz CT molecular complexity index is 1560. The van der Waals surface area contributed by atoms with Gasteiger partial charge in [-0.15, -0.1) is 0 Å². The summed E-state index contributed by atoms with van der Waals surface area (Å²) in [6, 6.07) is 16.8. The van der Waals surface area contributed by atoms with Gasteiger partial charge in [0.1, 0.15) is 18.5 Å². The number of rotatable bonds is 11. The van der Waals surface area contributed by atoms with Crippen molar-refractivity contribution in [3.63, 3.8) is 0 Å². The summed E-state index contributed by atoms with van der Waals surface area (Å²) in [7, 11) is -5.87. The number of aliphatic hydroxyl groups is 1. The van der Waals surface area contributed by atoms with Crippen LogP contribution in [0.2, 0.25) is 0 Å². The van der Waals surface area contributed by atoms with Gasteiger partial charge in [-0.05, 0) is 73.8 Å². The van der Waals surface area contributed by atoms with Crippen molar-refractivity contribution in [2.75, 3.05) is 39.9 Å². The van der Waals surface area contributed by atoms with E-state index in [9.17, 15) is 21.9 Å². The molecule has 11 nitrogen and oxygen atoms in total. The zero-order valence-corrected chi connectivity index (χ0v) is 25.0. The van der Waals surface area contributed by atoms with Gasteiger partial charge in [0.2, 0.25) is 20.0 Å². The Morgan fingerprint density at radius 2 is 1.71 bits per heavy atom. The molecule has 3 N–H and O–H groups in total. The molecule has 3 heterocycles. The van der Waals surface area contributed by atoms with Crippen molar-refractivity contribution >= 4 is 20.0 Å². The molecule has 0 amide bonds. The van der Waals surface area contributed by atoms with E-state index in [-0.39, 0.29) is 29.0 Å². The molecule has 42 heavy (non-hydrogen) atoms. The first kappa shape index (κ1) is 30.5. The molecule has 0 radical (unpaired) electrons. The van der Waals surface area contributed by atoms with Crippen molar-refractivity contribution in [1.29, 1.82) is 0 Å². The van der Waals surface area contributed by atoms with Crippen LogP contribution in [-0.4, -0.2) is 88.9 Å². The highest BCUT2D eigenvalue weighted by molar-refractivity contribution is 7.89. The van der Waals surface area contributed by atoms with Crippen LogP contribution in [0.4, 0.5) is 0 Å². The number of benzene rings is 2. The van der Waals surface area contributed by atoms with Crippen molar-refractivity contribution < 1.29 is 31.4 Å². The van der Waals surface area contributed by atoms with Gasteiger partial charge in [-0.2, -0.15) is 4.31 Å². The second-order valence-electron chi connectivity index (χ2n) is 10.6. The van der Waals surface area contributed by atoms with E-state index in [1.54, 1.807) is 36.7 Å². The van der Waals surface area contributed by atoms with Crippen molar-refractivity contribution in [2.24, 2.45) is 0 Å². The summed E-state index contributed by atoms with van der Waals surface area (Å²) in [6.07, 6.45) is 4.50. The molecule has 0 bridgehead atoms. The Balaban J connectivity index is 1.08. The molecule has 13 heteroatoms. The van der Waals surface area contributed by atoms with Gasteiger partial charge in [0, 0.05) is 44.1 Å². The van der Waals surface area contributed by atoms with Crippen molar-refractivity contribution in [2.45, 2.75) is 46.8 Å². The minimum absolute atomic E-state index is 0.00880. The van der Waals surface area contributed by atoms with E-state index in [1.165, 1.54) is 23.5 Å². The van der Waals surface area contributed by atoms with Gasteiger partial charge < -0.3 is 19.9 Å². The summed E-state index contributed by atoms with van der Waals surface area (Å²) >= 11 is 0. The molecule has 2 aromatic carbocycles. The predicted octanol–water partition coefficient (Wildman–Crippen LogP) is 2.00. The minimum atomic E-state index is -3.62. The number of aromatic nitrogens is 1. The molecule has 2 saturated heterocycles. The first-order valence-corrected chi connectivity index (χ1v) is 16.8. The molecule has 1 aromatic heterocycles. The van der Waals surface area contributed by atoms with Crippen LogP contribution in [0.15, 0.2) is 82.8 Å². The molecule has 2 unspecified atom stereocenters. The Kier molecular flexibility index (Phi) is 9.28. The smallest absolute Gasteiger partial charge is 0.243 e. The zero-order valence-electron chi connectivity index (χ0n) is 23.3. The Labute approximate surface area is 247 Å². The van der Waals surface area contributed by atoms with Crippen LogP contribution in [0.25, 0.3) is 11.1 Å². The van der Waals surface area contributed by atoms with Crippen LogP contribution in [0.1, 0.15) is 19.3 Å². The Morgan fingerprint density at radius 3 is 2.40 bits per heavy atom. The topological polar surface area (TPSA) is 147 Å². The molecule has 226 valence electrons. The van der Waals surface area contributed by atoms with Gasteiger partial charge in [0.05, 0.1) is 22.0 Å². The second-order valence-corrected chi connectivity index (χ2v) is 14.4. The highest BCUT2D eigenvalue weighted by Crippen LogP contribution is 2.37. The fraction of sp³-hybridized carbons (Fsp3) is 0.414. The predicted molar refractivity (Wildman–Crippen MR) is 157 cm³/mol. The second kappa shape index (κ2) is 12.8. The molecule has 2 atom stereocenters. The van der Waals surface area contributed by atoms with E-state index < -0.39 is 31.8 Å². The fourth-order valence-corrected chi connectivity index (χ4v) is 7.58. The zero-order chi connectivity index (χ0) is 29.8. The third kappa shape index (κ3) is 7.00. The lowest BCUT2D eigenvalue weighted by molar-refractivity contribution is -0.0312. The molecule has 2 fully saturated rings. The summed E-state index contributed by atoms with van der Waals surface area (Å²) in [5, 5.41) is 13.8. The molecular weight excluding hydrogens is 580 g/mol. The highest BCUT2D eigenvalue weighted by Gasteiger charge is 2.44. The number of hydrogen-bond acceptors (Lipinski definition) is 9. The summed E-state index contributed by atoms with van der Waals surface area (Å²) in [4.78, 5) is 4.38. The Hall–Kier alpha value is -2.91. The molecule has 1 spiro atoms. The number of nitrogens with zero attached hydrogens (tertiary/aromatic N) is 2. The third-order valence-electron chi connectivity index (χ3n) is 7.82. The first-order valence-electron chi connectivity index (χ1n) is 13.8. The lowest BCUT2D eigenvalue weighted by Crippen LogP contribution is -2.47. The van der Waals surface area contributed by atoms with Crippen molar-refractivity contribution in [3.05, 3.63) is 73.1 Å². The highest BCUT2D eigenvalue weighted by atomic mass is 32.2. The van der Waals surface area contributed by atoms with Crippen LogP contribution < -0.4 is 14.8 Å². The molecule has 3 aromatic rings. The quantitative estimate of drug-likeness (QED) is 0.294. The van der Waals surface area contributed by atoms with Gasteiger partial charge >= 0.3 is 0 Å². The molecule has 2 aliphatic rings. The maximum Gasteiger partial charge on any atom is 0.243 e. The average Bonchev–Trinajstić information content (AvgIpc) is 3.41. The van der Waals surface area contributed by atoms with Crippen LogP contribution in [0.3, 0.4) is 0 Å². The van der Waals surface area contributed by atoms with Crippen LogP contribution >= 0.6 is 0 Å². The van der Waals surface area contributed by atoms with Gasteiger partial charge in [0.25, 0.3) is 0 Å². The fourth-order valence-electron chi connectivity index (χ4n) is 5.37. The van der Waals surface area contributed by atoms with E-state index in [0.717, 1.165) is 17.5 Å². The maximum absolute atomic E-state index is 13.3. The number of nitrogens with one attached hydrogen (secondary N) is 2. The van der Waals surface area contributed by atoms with Gasteiger partial charge in [0.15, 0.2) is 0 Å². The lowest BCUT2D eigenvalue weighted by atomic mass is 9.88. The summed E-state index contributed by atoms with van der Waals surface area (Å²) in [5.74, 6) is 0.347. The van der Waals surface area contributed by atoms with E-state index in [1.807, 2.05) is 24.3 Å². The molecule has 0 saturated carbocycles.